The minimum absolute atomic E-state index is 0.520. The van der Waals surface area contributed by atoms with Gasteiger partial charge in [0.25, 0.3) is 0 Å². The molecule has 0 aliphatic rings. The van der Waals surface area contributed by atoms with Crippen LogP contribution in [0.3, 0.4) is 0 Å². The number of benzene rings is 2. The third kappa shape index (κ3) is 3.51. The predicted molar refractivity (Wildman–Crippen MR) is 113 cm³/mol. The second-order valence-electron chi connectivity index (χ2n) is 6.69. The molecule has 0 aliphatic heterocycles. The van der Waals surface area contributed by atoms with Gasteiger partial charge in [0.1, 0.15) is 22.7 Å². The van der Waals surface area contributed by atoms with E-state index in [2.05, 4.69) is 58.8 Å². The van der Waals surface area contributed by atoms with E-state index in [-0.39, 0.29) is 0 Å². The van der Waals surface area contributed by atoms with Crippen LogP contribution in [0.5, 0.6) is 5.75 Å². The number of nitrogens with zero attached hydrogens (tertiary/aromatic N) is 2. The minimum atomic E-state index is 0.520. The number of rotatable bonds is 5. The van der Waals surface area contributed by atoms with E-state index in [1.165, 1.54) is 11.1 Å². The largest absolute Gasteiger partial charge is 0.497 e. The summed E-state index contributed by atoms with van der Waals surface area (Å²) in [6.07, 6.45) is 1.60. The molecule has 0 unspecified atom stereocenters. The van der Waals surface area contributed by atoms with Crippen molar-refractivity contribution < 1.29 is 4.74 Å². The summed E-state index contributed by atoms with van der Waals surface area (Å²) in [7, 11) is 1.67. The molecule has 4 rings (SSSR count). The lowest BCUT2D eigenvalue weighted by Gasteiger charge is -2.10. The van der Waals surface area contributed by atoms with Crippen LogP contribution in [0.2, 0.25) is 0 Å². The molecule has 0 bridgehead atoms. The predicted octanol–water partition coefficient (Wildman–Crippen LogP) is 6.23. The van der Waals surface area contributed by atoms with E-state index in [1.54, 1.807) is 24.8 Å². The Kier molecular flexibility index (Phi) is 4.77. The Balaban J connectivity index is 1.77. The van der Waals surface area contributed by atoms with Gasteiger partial charge in [-0.2, -0.15) is 0 Å². The Morgan fingerprint density at radius 1 is 1.04 bits per heavy atom. The van der Waals surface area contributed by atoms with Crippen LogP contribution in [0.25, 0.3) is 21.3 Å². The van der Waals surface area contributed by atoms with Gasteiger partial charge in [-0.1, -0.05) is 44.2 Å². The van der Waals surface area contributed by atoms with Crippen molar-refractivity contribution in [2.24, 2.45) is 0 Å². The highest BCUT2D eigenvalue weighted by Crippen LogP contribution is 2.38. The Bertz CT molecular complexity index is 1070. The van der Waals surface area contributed by atoms with Crippen molar-refractivity contribution in [1.29, 1.82) is 0 Å². The van der Waals surface area contributed by atoms with Crippen molar-refractivity contribution in [3.05, 3.63) is 65.8 Å². The molecule has 2 heterocycles. The topological polar surface area (TPSA) is 47.0 Å². The van der Waals surface area contributed by atoms with Crippen molar-refractivity contribution in [1.82, 2.24) is 9.97 Å². The summed E-state index contributed by atoms with van der Waals surface area (Å²) < 4.78 is 5.32. The number of thiophene rings is 1. The number of nitrogens with one attached hydrogen (secondary N) is 1. The van der Waals surface area contributed by atoms with Crippen LogP contribution in [-0.2, 0) is 0 Å². The zero-order chi connectivity index (χ0) is 18.8. The first-order chi connectivity index (χ1) is 13.2. The molecular formula is C22H21N3OS. The maximum atomic E-state index is 5.32. The van der Waals surface area contributed by atoms with Crippen molar-refractivity contribution >= 4 is 33.1 Å². The molecule has 4 nitrogen and oxygen atoms in total. The molecular weight excluding hydrogens is 354 g/mol. The molecule has 2 aromatic carbocycles. The van der Waals surface area contributed by atoms with E-state index in [0.717, 1.165) is 33.0 Å². The fraction of sp³-hybridized carbons (Fsp3) is 0.182. The maximum Gasteiger partial charge on any atom is 0.143 e. The molecule has 0 spiro atoms. The molecule has 0 radical (unpaired) electrons. The number of fused-ring (bicyclic) bond motifs is 1. The van der Waals surface area contributed by atoms with E-state index >= 15 is 0 Å². The molecule has 0 fully saturated rings. The summed E-state index contributed by atoms with van der Waals surface area (Å²) in [5, 5.41) is 6.62. The molecule has 4 aromatic rings. The van der Waals surface area contributed by atoms with Crippen molar-refractivity contribution in [2.75, 3.05) is 12.4 Å². The molecule has 0 saturated carbocycles. The lowest BCUT2D eigenvalue weighted by atomic mass is 9.99. The molecule has 27 heavy (non-hydrogen) atoms. The summed E-state index contributed by atoms with van der Waals surface area (Å²) in [6.45, 7) is 4.41. The molecule has 0 aliphatic carbocycles. The van der Waals surface area contributed by atoms with E-state index in [9.17, 15) is 0 Å². The summed E-state index contributed by atoms with van der Waals surface area (Å²) in [6, 6.07) is 16.6. The highest BCUT2D eigenvalue weighted by molar-refractivity contribution is 7.17. The average molecular weight is 375 g/mol. The molecule has 2 aromatic heterocycles. The van der Waals surface area contributed by atoms with Gasteiger partial charge in [-0.25, -0.2) is 9.97 Å². The van der Waals surface area contributed by atoms with Crippen LogP contribution >= 0.6 is 11.3 Å². The first-order valence-corrected chi connectivity index (χ1v) is 9.77. The molecule has 1 N–H and O–H groups in total. The monoisotopic (exact) mass is 375 g/mol. The Labute approximate surface area is 162 Å². The highest BCUT2D eigenvalue weighted by atomic mass is 32.1. The minimum Gasteiger partial charge on any atom is -0.497 e. The molecule has 0 atom stereocenters. The Morgan fingerprint density at radius 3 is 2.59 bits per heavy atom. The molecule has 0 amide bonds. The Morgan fingerprint density at radius 2 is 1.85 bits per heavy atom. The van der Waals surface area contributed by atoms with Crippen LogP contribution in [0.1, 0.15) is 25.3 Å². The number of anilines is 2. The number of hydrogen-bond acceptors (Lipinski definition) is 5. The van der Waals surface area contributed by atoms with Crippen LogP contribution in [0, 0.1) is 0 Å². The zero-order valence-corrected chi connectivity index (χ0v) is 16.4. The van der Waals surface area contributed by atoms with Gasteiger partial charge in [-0.3, -0.25) is 0 Å². The van der Waals surface area contributed by atoms with Gasteiger partial charge in [0.2, 0.25) is 0 Å². The number of aromatic nitrogens is 2. The maximum absolute atomic E-state index is 5.32. The summed E-state index contributed by atoms with van der Waals surface area (Å²) in [5.74, 6) is 2.13. The average Bonchev–Trinajstić information content (AvgIpc) is 3.13. The molecule has 0 saturated heterocycles. The van der Waals surface area contributed by atoms with Crippen molar-refractivity contribution in [3.63, 3.8) is 0 Å². The second-order valence-corrected chi connectivity index (χ2v) is 7.54. The first kappa shape index (κ1) is 17.5. The van der Waals surface area contributed by atoms with E-state index in [0.29, 0.717) is 5.92 Å². The lowest BCUT2D eigenvalue weighted by Crippen LogP contribution is -1.96. The van der Waals surface area contributed by atoms with Crippen LogP contribution in [0.4, 0.5) is 11.5 Å². The number of hydrogen-bond donors (Lipinski definition) is 1. The number of ether oxygens (including phenoxy) is 1. The van der Waals surface area contributed by atoms with Crippen LogP contribution < -0.4 is 10.1 Å². The summed E-state index contributed by atoms with van der Waals surface area (Å²) >= 11 is 1.64. The summed E-state index contributed by atoms with van der Waals surface area (Å²) in [4.78, 5) is 9.93. The molecule has 136 valence electrons. The third-order valence-electron chi connectivity index (χ3n) is 4.59. The van der Waals surface area contributed by atoms with Crippen LogP contribution in [0.15, 0.2) is 60.2 Å². The van der Waals surface area contributed by atoms with Gasteiger partial charge >= 0.3 is 0 Å². The summed E-state index contributed by atoms with van der Waals surface area (Å²) in [5.41, 5.74) is 4.59. The van der Waals surface area contributed by atoms with Crippen molar-refractivity contribution in [2.45, 2.75) is 19.8 Å². The fourth-order valence-corrected chi connectivity index (χ4v) is 3.98. The van der Waals surface area contributed by atoms with Gasteiger partial charge in [-0.05, 0) is 29.2 Å². The smallest absolute Gasteiger partial charge is 0.143 e. The van der Waals surface area contributed by atoms with Gasteiger partial charge in [0, 0.05) is 22.7 Å². The van der Waals surface area contributed by atoms with Crippen LogP contribution in [-0.4, -0.2) is 17.1 Å². The normalized spacial score (nSPS) is 11.1. The van der Waals surface area contributed by atoms with E-state index < -0.39 is 0 Å². The van der Waals surface area contributed by atoms with E-state index in [4.69, 9.17) is 4.74 Å². The zero-order valence-electron chi connectivity index (χ0n) is 15.6. The standard InChI is InChI=1S/C22H21N3OS/c1-14(2)15-7-9-16(10-8-15)19-12-27-22-20(19)21(23-13-24-22)25-17-5-4-6-18(11-17)26-3/h4-14H,1-3H3,(H,23,24,25). The second kappa shape index (κ2) is 7.37. The highest BCUT2D eigenvalue weighted by Gasteiger charge is 2.14. The fourth-order valence-electron chi connectivity index (χ4n) is 3.07. The van der Waals surface area contributed by atoms with Gasteiger partial charge in [0.15, 0.2) is 0 Å². The van der Waals surface area contributed by atoms with Gasteiger partial charge in [0.05, 0.1) is 12.5 Å². The molecule has 5 heteroatoms. The first-order valence-electron chi connectivity index (χ1n) is 8.89. The van der Waals surface area contributed by atoms with Gasteiger partial charge in [-0.15, -0.1) is 11.3 Å². The quantitative estimate of drug-likeness (QED) is 0.449. The lowest BCUT2D eigenvalue weighted by molar-refractivity contribution is 0.415. The van der Waals surface area contributed by atoms with Gasteiger partial charge < -0.3 is 10.1 Å². The van der Waals surface area contributed by atoms with Crippen molar-refractivity contribution in [3.8, 4) is 16.9 Å². The van der Waals surface area contributed by atoms with E-state index in [1.807, 2.05) is 24.3 Å². The Hall–Kier alpha value is -2.92. The number of methoxy groups -OCH3 is 1. The third-order valence-corrected chi connectivity index (χ3v) is 5.48. The SMILES string of the molecule is COc1cccc(Nc2ncnc3scc(-c4ccc(C(C)C)cc4)c23)c1.